The van der Waals surface area contributed by atoms with E-state index in [0.717, 1.165) is 25.7 Å². The summed E-state index contributed by atoms with van der Waals surface area (Å²) in [5, 5.41) is 0. The minimum Gasteiger partial charge on any atom is -0.468 e. The lowest BCUT2D eigenvalue weighted by molar-refractivity contribution is -0.160. The van der Waals surface area contributed by atoms with Gasteiger partial charge in [0.2, 0.25) is 0 Å². The smallest absolute Gasteiger partial charge is 0.311 e. The number of carbonyl (C=O) groups excluding carboxylic acids is 2. The molecule has 0 amide bonds. The molecular weight excluding hydrogens is 224 g/mol. The third-order valence-corrected chi connectivity index (χ3v) is 3.08. The van der Waals surface area contributed by atoms with Crippen molar-refractivity contribution >= 4 is 12.4 Å². The zero-order chi connectivity index (χ0) is 12.5. The molecule has 1 aliphatic rings. The second-order valence-electron chi connectivity index (χ2n) is 4.21. The molecule has 5 heteroatoms. The Morgan fingerprint density at radius 1 is 1.41 bits per heavy atom. The molecule has 0 aliphatic heterocycles. The van der Waals surface area contributed by atoms with Gasteiger partial charge in [0.15, 0.2) is 6.79 Å². The molecule has 0 aromatic heterocycles. The van der Waals surface area contributed by atoms with Gasteiger partial charge in [-0.2, -0.15) is 0 Å². The average Bonchev–Trinajstić information content (AvgIpc) is 2.78. The van der Waals surface area contributed by atoms with Gasteiger partial charge in [0.05, 0.1) is 12.5 Å². The van der Waals surface area contributed by atoms with Crippen LogP contribution in [-0.4, -0.2) is 32.4 Å². The molecule has 1 fully saturated rings. The van der Waals surface area contributed by atoms with E-state index in [4.69, 9.17) is 9.47 Å². The van der Waals surface area contributed by atoms with Crippen LogP contribution in [0.4, 0.5) is 0 Å². The molecule has 1 rings (SSSR count). The molecule has 1 aliphatic carbocycles. The van der Waals surface area contributed by atoms with E-state index in [2.05, 4.69) is 4.74 Å². The molecule has 17 heavy (non-hydrogen) atoms. The van der Waals surface area contributed by atoms with E-state index in [1.807, 2.05) is 6.92 Å². The van der Waals surface area contributed by atoms with E-state index >= 15 is 0 Å². The first-order valence-corrected chi connectivity index (χ1v) is 6.07. The lowest BCUT2D eigenvalue weighted by Crippen LogP contribution is -2.17. The van der Waals surface area contributed by atoms with E-state index in [1.54, 1.807) is 0 Å². The lowest BCUT2D eigenvalue weighted by Gasteiger charge is -2.10. The fourth-order valence-electron chi connectivity index (χ4n) is 2.13. The van der Waals surface area contributed by atoms with Gasteiger partial charge in [0.1, 0.15) is 0 Å². The van der Waals surface area contributed by atoms with Crippen molar-refractivity contribution in [1.29, 1.82) is 0 Å². The molecule has 0 aromatic rings. The quantitative estimate of drug-likeness (QED) is 0.280. The van der Waals surface area contributed by atoms with Gasteiger partial charge in [-0.05, 0) is 38.5 Å². The van der Waals surface area contributed by atoms with E-state index in [0.29, 0.717) is 25.6 Å². The number of esters is 1. The topological polar surface area (TPSA) is 61.8 Å². The highest BCUT2D eigenvalue weighted by Gasteiger charge is 2.30. The molecule has 0 radical (unpaired) electrons. The Labute approximate surface area is 101 Å². The predicted molar refractivity (Wildman–Crippen MR) is 60.0 cm³/mol. The van der Waals surface area contributed by atoms with Gasteiger partial charge < -0.3 is 14.2 Å². The minimum absolute atomic E-state index is 0.0170. The molecule has 0 spiro atoms. The second kappa shape index (κ2) is 8.06. The third-order valence-electron chi connectivity index (χ3n) is 3.08. The number of ether oxygens (including phenoxy) is 3. The van der Waals surface area contributed by atoms with Crippen molar-refractivity contribution in [1.82, 2.24) is 0 Å². The molecule has 0 saturated heterocycles. The first-order valence-electron chi connectivity index (χ1n) is 6.07. The summed E-state index contributed by atoms with van der Waals surface area (Å²) in [6.45, 7) is 3.35. The molecule has 0 aromatic carbocycles. The van der Waals surface area contributed by atoms with Crippen LogP contribution >= 0.6 is 0 Å². The summed E-state index contributed by atoms with van der Waals surface area (Å²) >= 11 is 0. The van der Waals surface area contributed by atoms with Crippen molar-refractivity contribution in [3.05, 3.63) is 0 Å². The molecule has 1 saturated carbocycles. The fraction of sp³-hybridized carbons (Fsp3) is 0.833. The average molecular weight is 244 g/mol. The van der Waals surface area contributed by atoms with Crippen molar-refractivity contribution in [2.75, 3.05) is 20.0 Å². The van der Waals surface area contributed by atoms with Crippen molar-refractivity contribution in [3.8, 4) is 0 Å². The zero-order valence-corrected chi connectivity index (χ0v) is 10.2. The van der Waals surface area contributed by atoms with E-state index in [9.17, 15) is 9.59 Å². The first-order chi connectivity index (χ1) is 8.27. The maximum atomic E-state index is 11.6. The van der Waals surface area contributed by atoms with E-state index in [-0.39, 0.29) is 18.7 Å². The third kappa shape index (κ3) is 5.17. The molecule has 2 unspecified atom stereocenters. The van der Waals surface area contributed by atoms with Crippen LogP contribution in [0.2, 0.25) is 0 Å². The van der Waals surface area contributed by atoms with Gasteiger partial charge in [-0.15, -0.1) is 0 Å². The zero-order valence-electron chi connectivity index (χ0n) is 10.2. The van der Waals surface area contributed by atoms with Gasteiger partial charge in [0.25, 0.3) is 6.47 Å². The van der Waals surface area contributed by atoms with Crippen molar-refractivity contribution in [2.24, 2.45) is 11.8 Å². The predicted octanol–water partition coefficient (Wildman–Crippen LogP) is 1.50. The summed E-state index contributed by atoms with van der Waals surface area (Å²) in [6.07, 6.45) is 3.51. The molecule has 0 bridgehead atoms. The van der Waals surface area contributed by atoms with Crippen molar-refractivity contribution in [2.45, 2.75) is 32.6 Å². The van der Waals surface area contributed by atoms with Gasteiger partial charge >= 0.3 is 5.97 Å². The number of rotatable bonds is 8. The van der Waals surface area contributed by atoms with Crippen LogP contribution in [0, 0.1) is 11.8 Å². The summed E-state index contributed by atoms with van der Waals surface area (Å²) in [5.74, 6) is 0.272. The Hall–Kier alpha value is -1.10. The molecule has 98 valence electrons. The Balaban J connectivity index is 2.15. The van der Waals surface area contributed by atoms with Crippen LogP contribution in [-0.2, 0) is 23.8 Å². The Bertz CT molecular complexity index is 241. The van der Waals surface area contributed by atoms with Gasteiger partial charge in [-0.1, -0.05) is 0 Å². The van der Waals surface area contributed by atoms with E-state index in [1.165, 1.54) is 0 Å². The maximum Gasteiger partial charge on any atom is 0.311 e. The maximum absolute atomic E-state index is 11.6. The van der Waals surface area contributed by atoms with Gasteiger partial charge in [-0.3, -0.25) is 9.59 Å². The van der Waals surface area contributed by atoms with Crippen LogP contribution in [0.5, 0.6) is 0 Å². The lowest BCUT2D eigenvalue weighted by atomic mass is 10.0. The molecule has 2 atom stereocenters. The molecule has 0 N–H and O–H groups in total. The summed E-state index contributed by atoms with van der Waals surface area (Å²) in [5.41, 5.74) is 0. The Kier molecular flexibility index (Phi) is 6.62. The van der Waals surface area contributed by atoms with Crippen LogP contribution in [0.25, 0.3) is 0 Å². The molecular formula is C12H20O5. The SMILES string of the molecule is CCOCOC(=O)C1CCC(CCOC=O)C1. The number of hydrogen-bond acceptors (Lipinski definition) is 5. The standard InChI is InChI=1S/C12H20O5/c1-2-15-9-17-12(14)11-4-3-10(7-11)5-6-16-8-13/h8,10-11H,2-7,9H2,1H3. The number of carbonyl (C=O) groups is 2. The first kappa shape index (κ1) is 14.0. The summed E-state index contributed by atoms with van der Waals surface area (Å²) < 4.78 is 14.6. The van der Waals surface area contributed by atoms with Crippen molar-refractivity contribution < 1.29 is 23.8 Å². The van der Waals surface area contributed by atoms with Crippen LogP contribution in [0.15, 0.2) is 0 Å². The summed E-state index contributed by atoms with van der Waals surface area (Å²) in [4.78, 5) is 21.6. The highest BCUT2D eigenvalue weighted by Crippen LogP contribution is 2.33. The largest absolute Gasteiger partial charge is 0.468 e. The summed E-state index contributed by atoms with van der Waals surface area (Å²) in [7, 11) is 0. The second-order valence-corrected chi connectivity index (χ2v) is 4.21. The number of hydrogen-bond donors (Lipinski definition) is 0. The highest BCUT2D eigenvalue weighted by molar-refractivity contribution is 5.72. The minimum atomic E-state index is -0.169. The van der Waals surface area contributed by atoms with Gasteiger partial charge in [0, 0.05) is 6.61 Å². The van der Waals surface area contributed by atoms with Crippen molar-refractivity contribution in [3.63, 3.8) is 0 Å². The van der Waals surface area contributed by atoms with Crippen LogP contribution in [0.3, 0.4) is 0 Å². The normalized spacial score (nSPS) is 23.4. The molecule has 0 heterocycles. The molecule has 5 nitrogen and oxygen atoms in total. The van der Waals surface area contributed by atoms with Crippen LogP contribution < -0.4 is 0 Å². The monoisotopic (exact) mass is 244 g/mol. The highest BCUT2D eigenvalue weighted by atomic mass is 16.7. The Morgan fingerprint density at radius 3 is 2.94 bits per heavy atom. The van der Waals surface area contributed by atoms with Crippen LogP contribution in [0.1, 0.15) is 32.6 Å². The Morgan fingerprint density at radius 2 is 2.24 bits per heavy atom. The van der Waals surface area contributed by atoms with Gasteiger partial charge in [-0.25, -0.2) is 0 Å². The fourth-order valence-corrected chi connectivity index (χ4v) is 2.13. The van der Waals surface area contributed by atoms with E-state index < -0.39 is 0 Å². The summed E-state index contributed by atoms with van der Waals surface area (Å²) in [6, 6.07) is 0.